The van der Waals surface area contributed by atoms with E-state index in [0.29, 0.717) is 22.9 Å². The van der Waals surface area contributed by atoms with Crippen molar-refractivity contribution in [1.29, 1.82) is 0 Å². The topological polar surface area (TPSA) is 72.7 Å². The molecule has 1 aliphatic carbocycles. The molecule has 0 aliphatic heterocycles. The number of hydrogen-bond donors (Lipinski definition) is 1. The van der Waals surface area contributed by atoms with Crippen LogP contribution in [0.1, 0.15) is 38.2 Å². The van der Waals surface area contributed by atoms with Crippen LogP contribution in [0.15, 0.2) is 23.4 Å². The molecule has 7 heteroatoms. The number of nitrogens with one attached hydrogen (secondary N) is 1. The normalized spacial score (nSPS) is 20.3. The minimum Gasteiger partial charge on any atom is -0.352 e. The maximum Gasteiger partial charge on any atom is 0.230 e. The van der Waals surface area contributed by atoms with Crippen LogP contribution in [0.2, 0.25) is 0 Å². The number of nitrogens with zero attached hydrogens (tertiary/aromatic N) is 4. The number of fused-ring (bicyclic) bond motifs is 3. The van der Waals surface area contributed by atoms with Crippen molar-refractivity contribution in [2.75, 3.05) is 5.75 Å². The van der Waals surface area contributed by atoms with Crippen molar-refractivity contribution in [2.45, 2.75) is 50.7 Å². The van der Waals surface area contributed by atoms with Crippen LogP contribution in [0.4, 0.5) is 0 Å². The molecule has 0 bridgehead atoms. The Balaban J connectivity index is 1.48. The van der Waals surface area contributed by atoms with Crippen molar-refractivity contribution in [3.05, 3.63) is 23.8 Å². The Hall–Kier alpha value is -2.15. The van der Waals surface area contributed by atoms with Crippen molar-refractivity contribution in [1.82, 2.24) is 25.1 Å². The van der Waals surface area contributed by atoms with Gasteiger partial charge in [0.05, 0.1) is 11.3 Å². The molecule has 0 radical (unpaired) electrons. The van der Waals surface area contributed by atoms with E-state index in [1.807, 2.05) is 11.6 Å². The molecule has 6 nitrogen and oxygen atoms in total. The molecule has 1 amide bonds. The first-order valence-electron chi connectivity index (χ1n) is 9.54. The molecule has 0 saturated heterocycles. The highest BCUT2D eigenvalue weighted by atomic mass is 32.2. The molecular formula is C20H25N5OS. The molecule has 1 aliphatic rings. The summed E-state index contributed by atoms with van der Waals surface area (Å²) in [6.45, 7) is 4.29. The molecule has 1 saturated carbocycles. The maximum absolute atomic E-state index is 12.3. The Morgan fingerprint density at radius 3 is 2.93 bits per heavy atom. The lowest BCUT2D eigenvalue weighted by Crippen LogP contribution is -2.41. The third-order valence-corrected chi connectivity index (χ3v) is 6.36. The Kier molecular flexibility index (Phi) is 5.04. The van der Waals surface area contributed by atoms with E-state index in [4.69, 9.17) is 0 Å². The second kappa shape index (κ2) is 7.46. The zero-order valence-corrected chi connectivity index (χ0v) is 16.8. The summed E-state index contributed by atoms with van der Waals surface area (Å²) >= 11 is 1.34. The second-order valence-corrected chi connectivity index (χ2v) is 8.51. The second-order valence-electron chi connectivity index (χ2n) is 7.57. The molecule has 142 valence electrons. The molecular weight excluding hydrogens is 358 g/mol. The van der Waals surface area contributed by atoms with Crippen molar-refractivity contribution in [3.8, 4) is 0 Å². The van der Waals surface area contributed by atoms with Crippen LogP contribution in [0.25, 0.3) is 22.1 Å². The predicted molar refractivity (Wildman–Crippen MR) is 109 cm³/mol. The zero-order valence-electron chi connectivity index (χ0n) is 16.0. The van der Waals surface area contributed by atoms with Gasteiger partial charge < -0.3 is 9.88 Å². The lowest BCUT2D eigenvalue weighted by Gasteiger charge is -2.29. The monoisotopic (exact) mass is 383 g/mol. The molecule has 0 spiro atoms. The van der Waals surface area contributed by atoms with Crippen LogP contribution in [0, 0.1) is 12.8 Å². The van der Waals surface area contributed by atoms with Crippen molar-refractivity contribution < 1.29 is 4.79 Å². The highest BCUT2D eigenvalue weighted by Gasteiger charge is 2.23. The Morgan fingerprint density at radius 1 is 1.30 bits per heavy atom. The molecule has 2 heterocycles. The lowest BCUT2D eigenvalue weighted by atomic mass is 9.86. The van der Waals surface area contributed by atoms with Gasteiger partial charge in [-0.2, -0.15) is 0 Å². The highest BCUT2D eigenvalue weighted by Crippen LogP contribution is 2.27. The van der Waals surface area contributed by atoms with Gasteiger partial charge in [0.2, 0.25) is 11.1 Å². The van der Waals surface area contributed by atoms with E-state index in [0.717, 1.165) is 28.5 Å². The van der Waals surface area contributed by atoms with Gasteiger partial charge in [-0.3, -0.25) is 4.79 Å². The van der Waals surface area contributed by atoms with E-state index in [-0.39, 0.29) is 5.91 Å². The van der Waals surface area contributed by atoms with Crippen LogP contribution in [-0.2, 0) is 11.8 Å². The first-order valence-corrected chi connectivity index (χ1v) is 10.5. The fourth-order valence-corrected chi connectivity index (χ4v) is 4.52. The van der Waals surface area contributed by atoms with Crippen LogP contribution in [0.5, 0.6) is 0 Å². The van der Waals surface area contributed by atoms with Crippen molar-refractivity contribution in [2.24, 2.45) is 13.0 Å². The van der Waals surface area contributed by atoms with Gasteiger partial charge in [0.1, 0.15) is 5.52 Å². The van der Waals surface area contributed by atoms with Crippen LogP contribution < -0.4 is 5.32 Å². The van der Waals surface area contributed by atoms with Crippen LogP contribution in [0.3, 0.4) is 0 Å². The number of rotatable bonds is 4. The smallest absolute Gasteiger partial charge is 0.230 e. The SMILES string of the molecule is Cc1ccc2c(c1)c1nnc(SCC(=O)N[C@@H]3CCCC[C@H]3C)nc1n2C. The molecule has 0 unspecified atom stereocenters. The Labute approximate surface area is 163 Å². The molecule has 4 rings (SSSR count). The zero-order chi connectivity index (χ0) is 19.0. The number of thioether (sulfide) groups is 1. The van der Waals surface area contributed by atoms with Gasteiger partial charge in [-0.15, -0.1) is 10.2 Å². The molecule has 27 heavy (non-hydrogen) atoms. The molecule has 2 aromatic heterocycles. The number of aromatic nitrogens is 4. The van der Waals surface area contributed by atoms with E-state index < -0.39 is 0 Å². The van der Waals surface area contributed by atoms with Gasteiger partial charge in [0.25, 0.3) is 0 Å². The average molecular weight is 384 g/mol. The quantitative estimate of drug-likeness (QED) is 0.697. The van der Waals surface area contributed by atoms with E-state index in [2.05, 4.69) is 52.5 Å². The summed E-state index contributed by atoms with van der Waals surface area (Å²) < 4.78 is 2.03. The molecule has 1 aromatic carbocycles. The maximum atomic E-state index is 12.3. The Bertz CT molecular complexity index is 999. The van der Waals surface area contributed by atoms with E-state index in [9.17, 15) is 4.79 Å². The van der Waals surface area contributed by atoms with Gasteiger partial charge in [-0.1, -0.05) is 43.2 Å². The first-order chi connectivity index (χ1) is 13.0. The minimum absolute atomic E-state index is 0.0510. The summed E-state index contributed by atoms with van der Waals surface area (Å²) in [5.74, 6) is 0.927. The standard InChI is InChI=1S/C20H25N5OS/c1-12-8-9-16-14(10-12)18-19(25(16)3)22-20(24-23-18)27-11-17(26)21-15-7-5-4-6-13(15)2/h8-10,13,15H,4-7,11H2,1-3H3,(H,21,26)/t13-,15-/m1/s1. The van der Waals surface area contributed by atoms with Gasteiger partial charge >= 0.3 is 0 Å². The lowest BCUT2D eigenvalue weighted by molar-refractivity contribution is -0.119. The van der Waals surface area contributed by atoms with E-state index >= 15 is 0 Å². The summed E-state index contributed by atoms with van der Waals surface area (Å²) in [6.07, 6.45) is 4.75. The minimum atomic E-state index is 0.0510. The summed E-state index contributed by atoms with van der Waals surface area (Å²) in [5, 5.41) is 13.4. The number of hydrogen-bond acceptors (Lipinski definition) is 5. The van der Waals surface area contributed by atoms with Gasteiger partial charge in [0, 0.05) is 18.5 Å². The number of carbonyl (C=O) groups excluding carboxylic acids is 1. The molecule has 3 aromatic rings. The number of benzene rings is 1. The third kappa shape index (κ3) is 3.65. The molecule has 1 N–H and O–H groups in total. The summed E-state index contributed by atoms with van der Waals surface area (Å²) in [4.78, 5) is 17.0. The fourth-order valence-electron chi connectivity index (χ4n) is 3.93. The van der Waals surface area contributed by atoms with Crippen LogP contribution >= 0.6 is 11.8 Å². The highest BCUT2D eigenvalue weighted by molar-refractivity contribution is 7.99. The average Bonchev–Trinajstić information content (AvgIpc) is 2.93. The third-order valence-electron chi connectivity index (χ3n) is 5.53. The van der Waals surface area contributed by atoms with Crippen molar-refractivity contribution >= 4 is 39.7 Å². The first kappa shape index (κ1) is 18.2. The Morgan fingerprint density at radius 2 is 2.11 bits per heavy atom. The number of carbonyl (C=O) groups is 1. The van der Waals surface area contributed by atoms with Crippen LogP contribution in [-0.4, -0.2) is 37.5 Å². The van der Waals surface area contributed by atoms with Gasteiger partial charge in [0.15, 0.2) is 5.65 Å². The fraction of sp³-hybridized carbons (Fsp3) is 0.500. The summed E-state index contributed by atoms with van der Waals surface area (Å²) in [6, 6.07) is 6.58. The number of aryl methyl sites for hydroxylation is 2. The van der Waals surface area contributed by atoms with E-state index in [1.165, 1.54) is 36.6 Å². The van der Waals surface area contributed by atoms with Crippen molar-refractivity contribution in [3.63, 3.8) is 0 Å². The summed E-state index contributed by atoms with van der Waals surface area (Å²) in [7, 11) is 1.99. The van der Waals surface area contributed by atoms with Gasteiger partial charge in [-0.25, -0.2) is 4.98 Å². The molecule has 1 fully saturated rings. The molecule has 2 atom stereocenters. The van der Waals surface area contributed by atoms with E-state index in [1.54, 1.807) is 0 Å². The van der Waals surface area contributed by atoms with Gasteiger partial charge in [-0.05, 0) is 37.8 Å². The summed E-state index contributed by atoms with van der Waals surface area (Å²) in [5.41, 5.74) is 3.88. The predicted octanol–water partition coefficient (Wildman–Crippen LogP) is 3.61. The number of amides is 1. The largest absolute Gasteiger partial charge is 0.352 e.